The summed E-state index contributed by atoms with van der Waals surface area (Å²) in [6.45, 7) is 16.1. The highest BCUT2D eigenvalue weighted by molar-refractivity contribution is 5.80. The van der Waals surface area contributed by atoms with Crippen molar-refractivity contribution in [3.05, 3.63) is 0 Å². The van der Waals surface area contributed by atoms with Crippen LogP contribution in [0.3, 0.4) is 0 Å². The highest BCUT2D eigenvalue weighted by Gasteiger charge is 2.27. The molecule has 2 N–H and O–H groups in total. The van der Waals surface area contributed by atoms with Crippen molar-refractivity contribution >= 4 is 12.1 Å². The molecule has 1 amide bonds. The molecule has 1 rings (SSSR count). The summed E-state index contributed by atoms with van der Waals surface area (Å²) >= 11 is 0. The number of carbonyl (C=O) groups is 1. The first-order valence-electron chi connectivity index (χ1n) is 10.5. The van der Waals surface area contributed by atoms with Crippen LogP contribution in [0.5, 0.6) is 0 Å². The van der Waals surface area contributed by atoms with Gasteiger partial charge < -0.3 is 25.2 Å². The number of carbonyl (C=O) groups excluding carboxylic acids is 1. The molecule has 0 aliphatic carbocycles. The molecule has 0 saturated carbocycles. The van der Waals surface area contributed by atoms with Crippen LogP contribution in [-0.2, 0) is 4.74 Å². The van der Waals surface area contributed by atoms with Crippen LogP contribution < -0.4 is 10.6 Å². The fourth-order valence-corrected chi connectivity index (χ4v) is 3.35. The summed E-state index contributed by atoms with van der Waals surface area (Å²) in [5.74, 6) is 0.918. The summed E-state index contributed by atoms with van der Waals surface area (Å²) in [5, 5.41) is 6.43. The van der Waals surface area contributed by atoms with Crippen molar-refractivity contribution in [3.63, 3.8) is 0 Å². The van der Waals surface area contributed by atoms with Gasteiger partial charge in [0, 0.05) is 26.7 Å². The second-order valence-electron chi connectivity index (χ2n) is 8.25. The second kappa shape index (κ2) is 12.1. The van der Waals surface area contributed by atoms with Gasteiger partial charge >= 0.3 is 6.09 Å². The average Bonchev–Trinajstić information content (AvgIpc) is 3.01. The summed E-state index contributed by atoms with van der Waals surface area (Å²) in [4.78, 5) is 21.1. The van der Waals surface area contributed by atoms with Crippen molar-refractivity contribution in [3.8, 4) is 0 Å². The molecular weight excluding hydrogens is 342 g/mol. The molecule has 0 aromatic heterocycles. The predicted octanol–water partition coefficient (Wildman–Crippen LogP) is 2.67. The molecule has 0 spiro atoms. The number of ether oxygens (including phenoxy) is 1. The number of aliphatic imine (C=N–C) groups is 1. The lowest BCUT2D eigenvalue weighted by molar-refractivity contribution is 0.0507. The van der Waals surface area contributed by atoms with Gasteiger partial charge in [0.15, 0.2) is 5.96 Å². The number of hydrogen-bond donors (Lipinski definition) is 2. The van der Waals surface area contributed by atoms with Crippen LogP contribution in [0.15, 0.2) is 4.99 Å². The molecule has 1 fully saturated rings. The summed E-state index contributed by atoms with van der Waals surface area (Å²) in [7, 11) is 1.82. The largest absolute Gasteiger partial charge is 0.444 e. The van der Waals surface area contributed by atoms with Gasteiger partial charge in [0.25, 0.3) is 0 Å². The van der Waals surface area contributed by atoms with E-state index < -0.39 is 5.60 Å². The van der Waals surface area contributed by atoms with Crippen LogP contribution in [0.25, 0.3) is 0 Å². The Kier molecular flexibility index (Phi) is 10.5. The second-order valence-corrected chi connectivity index (χ2v) is 8.25. The Bertz CT molecular complexity index is 456. The number of likely N-dealkylation sites (tertiary alicyclic amines) is 1. The molecule has 7 nitrogen and oxygen atoms in total. The Balaban J connectivity index is 2.33. The molecule has 1 aliphatic rings. The summed E-state index contributed by atoms with van der Waals surface area (Å²) in [6, 6.07) is 0.1000. The van der Waals surface area contributed by atoms with E-state index in [9.17, 15) is 4.79 Å². The third-order valence-electron chi connectivity index (χ3n) is 4.43. The van der Waals surface area contributed by atoms with Crippen molar-refractivity contribution in [2.45, 2.75) is 71.9 Å². The topological polar surface area (TPSA) is 69.2 Å². The number of rotatable bonds is 9. The Labute approximate surface area is 165 Å². The predicted molar refractivity (Wildman–Crippen MR) is 112 cm³/mol. The van der Waals surface area contributed by atoms with Gasteiger partial charge in [0.2, 0.25) is 0 Å². The fourth-order valence-electron chi connectivity index (χ4n) is 3.35. The van der Waals surface area contributed by atoms with Crippen LogP contribution in [0, 0.1) is 0 Å². The lowest BCUT2D eigenvalue weighted by Crippen LogP contribution is -2.44. The number of alkyl carbamates (subject to hydrolysis) is 1. The lowest BCUT2D eigenvalue weighted by atomic mass is 10.2. The van der Waals surface area contributed by atoms with Crippen LogP contribution in [-0.4, -0.2) is 79.8 Å². The molecule has 1 heterocycles. The third-order valence-corrected chi connectivity index (χ3v) is 4.43. The maximum Gasteiger partial charge on any atom is 0.407 e. The maximum atomic E-state index is 11.9. The molecule has 0 bridgehead atoms. The van der Waals surface area contributed by atoms with Gasteiger partial charge in [-0.05, 0) is 66.1 Å². The monoisotopic (exact) mass is 383 g/mol. The van der Waals surface area contributed by atoms with E-state index in [1.165, 1.54) is 25.9 Å². The van der Waals surface area contributed by atoms with Gasteiger partial charge in [-0.15, -0.1) is 0 Å². The average molecular weight is 384 g/mol. The van der Waals surface area contributed by atoms with E-state index in [0.717, 1.165) is 45.0 Å². The molecule has 1 unspecified atom stereocenters. The molecule has 0 radical (unpaired) electrons. The van der Waals surface area contributed by atoms with Gasteiger partial charge in [-0.3, -0.25) is 4.99 Å². The van der Waals surface area contributed by atoms with Crippen molar-refractivity contribution < 1.29 is 9.53 Å². The van der Waals surface area contributed by atoms with Crippen LogP contribution in [0.2, 0.25) is 0 Å². The van der Waals surface area contributed by atoms with Gasteiger partial charge in [-0.2, -0.15) is 0 Å². The van der Waals surface area contributed by atoms with E-state index in [1.807, 2.05) is 27.8 Å². The molecule has 1 atom stereocenters. The normalized spacial score (nSPS) is 18.1. The maximum absolute atomic E-state index is 11.9. The molecule has 0 aromatic rings. The Morgan fingerprint density at radius 2 is 1.89 bits per heavy atom. The molecule has 7 heteroatoms. The van der Waals surface area contributed by atoms with Crippen LogP contribution >= 0.6 is 0 Å². The van der Waals surface area contributed by atoms with Gasteiger partial charge in [0.05, 0.1) is 6.04 Å². The zero-order valence-electron chi connectivity index (χ0n) is 18.3. The quantitative estimate of drug-likeness (QED) is 0.364. The lowest BCUT2D eigenvalue weighted by Gasteiger charge is -2.24. The zero-order valence-corrected chi connectivity index (χ0v) is 18.3. The highest BCUT2D eigenvalue weighted by Crippen LogP contribution is 2.12. The minimum absolute atomic E-state index is 0.1000. The van der Waals surface area contributed by atoms with E-state index in [1.54, 1.807) is 0 Å². The van der Waals surface area contributed by atoms with Crippen LogP contribution in [0.4, 0.5) is 4.79 Å². The fraction of sp³-hybridized carbons (Fsp3) is 0.900. The number of hydrogen-bond acceptors (Lipinski definition) is 4. The van der Waals surface area contributed by atoms with E-state index >= 15 is 0 Å². The zero-order chi connectivity index (χ0) is 20.3. The third kappa shape index (κ3) is 9.84. The molecule has 158 valence electrons. The minimum atomic E-state index is -0.469. The first-order chi connectivity index (χ1) is 12.8. The van der Waals surface area contributed by atoms with Crippen molar-refractivity contribution in [2.75, 3.05) is 46.3 Å². The standard InChI is InChI=1S/C20H41N5O2/c1-7-12-24(13-8-2)14-9-11-22-18(21-6)25-15-10-17(16-25)23-19(26)27-20(3,4)5/h17H,7-16H2,1-6H3,(H,21,22)(H,23,26). The molecular formula is C20H41N5O2. The number of nitrogens with zero attached hydrogens (tertiary/aromatic N) is 3. The first kappa shape index (κ1) is 23.5. The van der Waals surface area contributed by atoms with Gasteiger partial charge in [-0.25, -0.2) is 4.79 Å². The molecule has 27 heavy (non-hydrogen) atoms. The van der Waals surface area contributed by atoms with E-state index in [2.05, 4.69) is 39.3 Å². The highest BCUT2D eigenvalue weighted by atomic mass is 16.6. The van der Waals surface area contributed by atoms with E-state index in [4.69, 9.17) is 4.74 Å². The Hall–Kier alpha value is -1.50. The summed E-state index contributed by atoms with van der Waals surface area (Å²) < 4.78 is 5.34. The summed E-state index contributed by atoms with van der Waals surface area (Å²) in [5.41, 5.74) is -0.469. The molecule has 1 aliphatic heterocycles. The SMILES string of the molecule is CCCN(CCC)CCCNC(=NC)N1CCC(NC(=O)OC(C)(C)C)C1. The van der Waals surface area contributed by atoms with Crippen LogP contribution in [0.1, 0.15) is 60.3 Å². The van der Waals surface area contributed by atoms with Crippen molar-refractivity contribution in [1.82, 2.24) is 20.4 Å². The smallest absolute Gasteiger partial charge is 0.407 e. The molecule has 0 aromatic carbocycles. The Morgan fingerprint density at radius 3 is 2.44 bits per heavy atom. The molecule has 1 saturated heterocycles. The number of amides is 1. The van der Waals surface area contributed by atoms with E-state index in [0.29, 0.717) is 0 Å². The van der Waals surface area contributed by atoms with Gasteiger partial charge in [-0.1, -0.05) is 13.8 Å². The summed E-state index contributed by atoms with van der Waals surface area (Å²) in [6.07, 6.45) is 4.07. The Morgan fingerprint density at radius 1 is 1.22 bits per heavy atom. The first-order valence-corrected chi connectivity index (χ1v) is 10.5. The number of nitrogens with one attached hydrogen (secondary N) is 2. The van der Waals surface area contributed by atoms with E-state index in [-0.39, 0.29) is 12.1 Å². The minimum Gasteiger partial charge on any atom is -0.444 e. The number of guanidine groups is 1. The van der Waals surface area contributed by atoms with Gasteiger partial charge in [0.1, 0.15) is 5.60 Å². The van der Waals surface area contributed by atoms with Crippen molar-refractivity contribution in [1.29, 1.82) is 0 Å². The van der Waals surface area contributed by atoms with Crippen molar-refractivity contribution in [2.24, 2.45) is 4.99 Å².